The first kappa shape index (κ1) is 10.9. The Bertz CT molecular complexity index is 155. The van der Waals surface area contributed by atoms with E-state index in [1.165, 1.54) is 12.8 Å². The van der Waals surface area contributed by atoms with Gasteiger partial charge in [0.05, 0.1) is 12.7 Å². The first-order chi connectivity index (χ1) is 6.33. The van der Waals surface area contributed by atoms with Gasteiger partial charge in [0.2, 0.25) is 0 Å². The number of hydrogen-bond acceptors (Lipinski definition) is 4. The van der Waals surface area contributed by atoms with Crippen LogP contribution in [0.2, 0.25) is 0 Å². The quantitative estimate of drug-likeness (QED) is 0.685. The van der Waals surface area contributed by atoms with Crippen LogP contribution in [0.4, 0.5) is 0 Å². The number of ether oxygens (including phenoxy) is 2. The van der Waals surface area contributed by atoms with E-state index in [9.17, 15) is 0 Å². The molecule has 1 N–H and O–H groups in total. The van der Waals surface area contributed by atoms with Gasteiger partial charge in [0.1, 0.15) is 13.2 Å². The van der Waals surface area contributed by atoms with Crippen LogP contribution in [0, 0.1) is 0 Å². The van der Waals surface area contributed by atoms with Crippen molar-refractivity contribution in [3.8, 4) is 0 Å². The topological polar surface area (TPSA) is 38.7 Å². The summed E-state index contributed by atoms with van der Waals surface area (Å²) in [6, 6.07) is 0. The summed E-state index contributed by atoms with van der Waals surface area (Å²) in [6.07, 6.45) is 5.17. The van der Waals surface area contributed by atoms with Crippen molar-refractivity contribution in [3.05, 3.63) is 0 Å². The molecule has 0 aliphatic heterocycles. The van der Waals surface area contributed by atoms with Gasteiger partial charge in [0.25, 0.3) is 0 Å². The zero-order valence-corrected chi connectivity index (χ0v) is 8.52. The highest BCUT2D eigenvalue weighted by Gasteiger charge is 2.15. The lowest BCUT2D eigenvalue weighted by atomic mass is 10.3. The maximum atomic E-state index is 8.47. The summed E-state index contributed by atoms with van der Waals surface area (Å²) in [4.78, 5) is 0. The number of hydrogen-bond donors (Lipinski definition) is 1. The van der Waals surface area contributed by atoms with E-state index in [4.69, 9.17) is 26.8 Å². The lowest BCUT2D eigenvalue weighted by Crippen LogP contribution is -2.17. The molecule has 0 saturated heterocycles. The molecule has 0 heterocycles. The monoisotopic (exact) mass is 204 g/mol. The molecule has 0 amide bonds. The summed E-state index contributed by atoms with van der Waals surface area (Å²) in [5, 5.41) is 8.91. The maximum absolute atomic E-state index is 8.47. The van der Waals surface area contributed by atoms with Crippen molar-refractivity contribution in [3.63, 3.8) is 0 Å². The number of aliphatic hydroxyl groups excluding tert-OH is 1. The van der Waals surface area contributed by atoms with Crippen LogP contribution in [0.3, 0.4) is 0 Å². The van der Waals surface area contributed by atoms with Crippen LogP contribution >= 0.6 is 12.2 Å². The van der Waals surface area contributed by atoms with Gasteiger partial charge in [0, 0.05) is 0 Å². The Morgan fingerprint density at radius 2 is 2.08 bits per heavy atom. The molecule has 3 nitrogen and oxygen atoms in total. The van der Waals surface area contributed by atoms with Crippen molar-refractivity contribution in [2.24, 2.45) is 0 Å². The molecule has 13 heavy (non-hydrogen) atoms. The van der Waals surface area contributed by atoms with E-state index in [0.717, 1.165) is 12.8 Å². The summed E-state index contributed by atoms with van der Waals surface area (Å²) in [5.74, 6) is 0. The highest BCUT2D eigenvalue weighted by molar-refractivity contribution is 7.80. The lowest BCUT2D eigenvalue weighted by molar-refractivity contribution is 0.0750. The second-order valence-electron chi connectivity index (χ2n) is 3.16. The minimum Gasteiger partial charge on any atom is -0.482 e. The van der Waals surface area contributed by atoms with E-state index >= 15 is 0 Å². The molecular formula is C9H16O3S. The molecule has 0 atom stereocenters. The number of thiocarbonyl (C=S) groups is 1. The molecule has 4 heteroatoms. The van der Waals surface area contributed by atoms with Crippen LogP contribution in [0.25, 0.3) is 0 Å². The molecule has 1 aliphatic carbocycles. The van der Waals surface area contributed by atoms with Crippen LogP contribution in [0.15, 0.2) is 0 Å². The van der Waals surface area contributed by atoms with Crippen molar-refractivity contribution in [2.75, 3.05) is 19.8 Å². The Morgan fingerprint density at radius 3 is 2.69 bits per heavy atom. The zero-order valence-electron chi connectivity index (χ0n) is 7.70. The van der Waals surface area contributed by atoms with Gasteiger partial charge in [-0.05, 0) is 25.1 Å². The van der Waals surface area contributed by atoms with E-state index in [-0.39, 0.29) is 13.2 Å². The van der Waals surface area contributed by atoms with Gasteiger partial charge in [-0.3, -0.25) is 0 Å². The smallest absolute Gasteiger partial charge is 0.185 e. The van der Waals surface area contributed by atoms with Gasteiger partial charge in [-0.25, -0.2) is 0 Å². The van der Waals surface area contributed by atoms with Crippen molar-refractivity contribution in [1.29, 1.82) is 0 Å². The molecule has 0 aromatic rings. The summed E-state index contributed by atoms with van der Waals surface area (Å²) in [5.41, 5.74) is 0. The Balaban J connectivity index is 2.00. The summed E-state index contributed by atoms with van der Waals surface area (Å²) in [7, 11) is 0. The first-order valence-electron chi connectivity index (χ1n) is 4.71. The largest absolute Gasteiger partial charge is 0.482 e. The summed E-state index contributed by atoms with van der Waals surface area (Å²) in [6.45, 7) is 0.663. The van der Waals surface area contributed by atoms with Crippen molar-refractivity contribution in [1.82, 2.24) is 0 Å². The predicted molar refractivity (Wildman–Crippen MR) is 53.8 cm³/mol. The number of aliphatic hydroxyl groups is 1. The minimum atomic E-state index is 0.00354. The predicted octanol–water partition coefficient (Wildman–Crippen LogP) is 1.28. The molecule has 76 valence electrons. The fourth-order valence-corrected chi connectivity index (χ4v) is 1.59. The highest BCUT2D eigenvalue weighted by Crippen LogP contribution is 2.20. The third kappa shape index (κ3) is 4.55. The van der Waals surface area contributed by atoms with E-state index < -0.39 is 0 Å². The third-order valence-electron chi connectivity index (χ3n) is 2.09. The van der Waals surface area contributed by atoms with Crippen LogP contribution in [-0.4, -0.2) is 36.1 Å². The molecule has 0 spiro atoms. The molecule has 1 fully saturated rings. The standard InChI is InChI=1S/C9H16O3S/c10-5-6-11-9(13)7-12-8-3-1-2-4-8/h8,10H,1-7H2. The molecule has 0 radical (unpaired) electrons. The summed E-state index contributed by atoms with van der Waals surface area (Å²) < 4.78 is 10.5. The molecule has 1 rings (SSSR count). The van der Waals surface area contributed by atoms with Gasteiger partial charge < -0.3 is 14.6 Å². The Labute approximate surface area is 84.0 Å². The van der Waals surface area contributed by atoms with Gasteiger partial charge in [-0.15, -0.1) is 0 Å². The van der Waals surface area contributed by atoms with E-state index in [1.807, 2.05) is 0 Å². The second-order valence-corrected chi connectivity index (χ2v) is 3.62. The van der Waals surface area contributed by atoms with Gasteiger partial charge in [-0.1, -0.05) is 12.8 Å². The van der Waals surface area contributed by atoms with Crippen LogP contribution in [0.1, 0.15) is 25.7 Å². The summed E-state index contributed by atoms with van der Waals surface area (Å²) >= 11 is 4.90. The van der Waals surface area contributed by atoms with Gasteiger partial charge in [-0.2, -0.15) is 0 Å². The fraction of sp³-hybridized carbons (Fsp3) is 0.889. The van der Waals surface area contributed by atoms with Gasteiger partial charge >= 0.3 is 0 Å². The molecule has 1 aliphatic rings. The van der Waals surface area contributed by atoms with E-state index in [0.29, 0.717) is 17.8 Å². The Hall–Kier alpha value is -0.190. The molecule has 0 aromatic carbocycles. The number of rotatable bonds is 5. The zero-order chi connectivity index (χ0) is 9.52. The third-order valence-corrected chi connectivity index (χ3v) is 2.33. The van der Waals surface area contributed by atoms with Crippen molar-refractivity contribution < 1.29 is 14.6 Å². The average molecular weight is 204 g/mol. The molecule has 0 bridgehead atoms. The van der Waals surface area contributed by atoms with Crippen LogP contribution in [-0.2, 0) is 9.47 Å². The SMILES string of the molecule is OCCOC(=S)COC1CCCC1. The Kier molecular flexibility index (Phi) is 5.27. The fourth-order valence-electron chi connectivity index (χ4n) is 1.44. The average Bonchev–Trinajstić information content (AvgIpc) is 2.64. The molecule has 1 saturated carbocycles. The van der Waals surface area contributed by atoms with Crippen molar-refractivity contribution >= 4 is 17.3 Å². The lowest BCUT2D eigenvalue weighted by Gasteiger charge is -2.11. The van der Waals surface area contributed by atoms with E-state index in [2.05, 4.69) is 0 Å². The van der Waals surface area contributed by atoms with E-state index in [1.54, 1.807) is 0 Å². The molecule has 0 unspecified atom stereocenters. The van der Waals surface area contributed by atoms with Gasteiger partial charge in [0.15, 0.2) is 5.05 Å². The maximum Gasteiger partial charge on any atom is 0.185 e. The highest BCUT2D eigenvalue weighted by atomic mass is 32.1. The Morgan fingerprint density at radius 1 is 1.38 bits per heavy atom. The molecule has 0 aromatic heterocycles. The van der Waals surface area contributed by atoms with Crippen molar-refractivity contribution in [2.45, 2.75) is 31.8 Å². The normalized spacial score (nSPS) is 17.6. The van der Waals surface area contributed by atoms with Crippen LogP contribution < -0.4 is 0 Å². The van der Waals surface area contributed by atoms with Crippen LogP contribution in [0.5, 0.6) is 0 Å². The first-order valence-corrected chi connectivity index (χ1v) is 5.12. The minimum absolute atomic E-state index is 0.00354. The molecular weight excluding hydrogens is 188 g/mol. The second kappa shape index (κ2) is 6.29.